The number of aromatic nitrogens is 1. The Labute approximate surface area is 170 Å². The number of thiocarbonyl (C=S) groups is 1. The third-order valence-corrected chi connectivity index (χ3v) is 5.69. The molecule has 28 heavy (non-hydrogen) atoms. The molecule has 0 aliphatic rings. The predicted molar refractivity (Wildman–Crippen MR) is 111 cm³/mol. The number of nitrogens with one attached hydrogen (secondary N) is 4. The molecule has 1 amide bonds. The Morgan fingerprint density at radius 1 is 1.32 bits per heavy atom. The minimum atomic E-state index is -3.96. The van der Waals surface area contributed by atoms with Gasteiger partial charge in [-0.05, 0) is 55.9 Å². The fraction of sp³-hybridized carbons (Fsp3) is 0.333. The van der Waals surface area contributed by atoms with Gasteiger partial charge in [0.1, 0.15) is 10.6 Å². The maximum absolute atomic E-state index is 12.6. The number of carbonyl (C=O) groups excluding carboxylic acids is 1. The average Bonchev–Trinajstić information content (AvgIpc) is 3.17. The Morgan fingerprint density at radius 3 is 2.68 bits per heavy atom. The van der Waals surface area contributed by atoms with Crippen LogP contribution in [0.25, 0.3) is 0 Å². The zero-order valence-corrected chi connectivity index (χ0v) is 17.5. The van der Waals surface area contributed by atoms with Gasteiger partial charge < -0.3 is 20.4 Å². The van der Waals surface area contributed by atoms with Crippen molar-refractivity contribution in [3.05, 3.63) is 47.8 Å². The fourth-order valence-electron chi connectivity index (χ4n) is 2.54. The largest absolute Gasteiger partial charge is 0.492 e. The highest BCUT2D eigenvalue weighted by Crippen LogP contribution is 2.25. The van der Waals surface area contributed by atoms with Crippen molar-refractivity contribution in [2.75, 3.05) is 13.7 Å². The monoisotopic (exact) mass is 424 g/mol. The van der Waals surface area contributed by atoms with Crippen molar-refractivity contribution >= 4 is 33.3 Å². The van der Waals surface area contributed by atoms with Crippen molar-refractivity contribution in [1.82, 2.24) is 20.3 Å². The van der Waals surface area contributed by atoms with E-state index in [4.69, 9.17) is 17.0 Å². The number of amides is 1. The molecule has 0 saturated carbocycles. The van der Waals surface area contributed by atoms with Gasteiger partial charge in [0.05, 0.1) is 19.1 Å². The second-order valence-corrected chi connectivity index (χ2v) is 8.05. The van der Waals surface area contributed by atoms with Crippen molar-refractivity contribution in [3.8, 4) is 5.75 Å². The van der Waals surface area contributed by atoms with E-state index in [-0.39, 0.29) is 34.1 Å². The Kier molecular flexibility index (Phi) is 7.41. The molecule has 0 aliphatic carbocycles. The number of ether oxygens (including phenoxy) is 1. The molecule has 0 aliphatic heterocycles. The molecule has 8 nitrogen and oxygen atoms in total. The van der Waals surface area contributed by atoms with Gasteiger partial charge in [0.15, 0.2) is 5.11 Å². The summed E-state index contributed by atoms with van der Waals surface area (Å²) >= 11 is 4.89. The lowest BCUT2D eigenvalue weighted by Gasteiger charge is -2.15. The normalized spacial score (nSPS) is 12.1. The smallest absolute Gasteiger partial charge is 0.267 e. The summed E-state index contributed by atoms with van der Waals surface area (Å²) in [5.74, 6) is -0.0360. The quantitative estimate of drug-likeness (QED) is 0.479. The summed E-state index contributed by atoms with van der Waals surface area (Å²) in [5.41, 5.74) is 1.42. The first-order valence-electron chi connectivity index (χ1n) is 8.69. The molecule has 1 atom stereocenters. The van der Waals surface area contributed by atoms with Crippen LogP contribution in [0.3, 0.4) is 0 Å². The van der Waals surface area contributed by atoms with Gasteiger partial charge in [-0.2, -0.15) is 0 Å². The first-order chi connectivity index (χ1) is 13.3. The molecule has 0 spiro atoms. The van der Waals surface area contributed by atoms with Gasteiger partial charge in [0.2, 0.25) is 5.91 Å². The standard InChI is InChI=1S/C18H24N4O4S2/c1-4-26-15-8-7-13(10-16(15)28(24,25)22-18(27)19-3)11-17(23)21-12(2)14-6-5-9-20-14/h5-10,12,20H,4,11H2,1-3H3,(H,21,23)(H2,19,22,27). The molecule has 1 aromatic heterocycles. The highest BCUT2D eigenvalue weighted by Gasteiger charge is 2.22. The molecule has 10 heteroatoms. The second kappa shape index (κ2) is 9.56. The Balaban J connectivity index is 2.21. The summed E-state index contributed by atoms with van der Waals surface area (Å²) in [7, 11) is -2.44. The fourth-order valence-corrected chi connectivity index (χ4v) is 4.03. The summed E-state index contributed by atoms with van der Waals surface area (Å²) in [6.45, 7) is 3.91. The summed E-state index contributed by atoms with van der Waals surface area (Å²) in [5, 5.41) is 5.39. The lowest BCUT2D eigenvalue weighted by Crippen LogP contribution is -2.37. The molecule has 0 fully saturated rings. The number of benzene rings is 1. The summed E-state index contributed by atoms with van der Waals surface area (Å²) in [6.07, 6.45) is 1.81. The molecule has 0 saturated heterocycles. The number of sulfonamides is 1. The number of carbonyl (C=O) groups is 1. The van der Waals surface area contributed by atoms with Crippen LogP contribution in [0.2, 0.25) is 0 Å². The molecule has 1 unspecified atom stereocenters. The van der Waals surface area contributed by atoms with Crippen LogP contribution in [0.15, 0.2) is 41.4 Å². The summed E-state index contributed by atoms with van der Waals surface area (Å²) in [6, 6.07) is 8.16. The van der Waals surface area contributed by atoms with E-state index in [0.29, 0.717) is 12.2 Å². The molecular weight excluding hydrogens is 400 g/mol. The third-order valence-electron chi connectivity index (χ3n) is 3.88. The van der Waals surface area contributed by atoms with Crippen LogP contribution in [0.1, 0.15) is 31.1 Å². The van der Waals surface area contributed by atoms with Crippen LogP contribution in [-0.4, -0.2) is 38.1 Å². The van der Waals surface area contributed by atoms with E-state index in [1.165, 1.54) is 19.2 Å². The second-order valence-electron chi connectivity index (χ2n) is 5.99. The average molecular weight is 425 g/mol. The van der Waals surface area contributed by atoms with E-state index in [2.05, 4.69) is 20.3 Å². The van der Waals surface area contributed by atoms with Crippen molar-refractivity contribution in [3.63, 3.8) is 0 Å². The van der Waals surface area contributed by atoms with Gasteiger partial charge >= 0.3 is 0 Å². The molecule has 4 N–H and O–H groups in total. The lowest BCUT2D eigenvalue weighted by atomic mass is 10.1. The Morgan fingerprint density at radius 2 is 2.07 bits per heavy atom. The van der Waals surface area contributed by atoms with Crippen LogP contribution in [0, 0.1) is 0 Å². The van der Waals surface area contributed by atoms with Crippen molar-refractivity contribution < 1.29 is 17.9 Å². The van der Waals surface area contributed by atoms with Gasteiger partial charge in [-0.3, -0.25) is 9.52 Å². The van der Waals surface area contributed by atoms with Crippen molar-refractivity contribution in [2.45, 2.75) is 31.2 Å². The first kappa shape index (κ1) is 21.7. The number of hydrogen-bond acceptors (Lipinski definition) is 5. The minimum absolute atomic E-state index is 0.0243. The van der Waals surface area contributed by atoms with E-state index < -0.39 is 10.0 Å². The molecule has 1 heterocycles. The molecule has 0 bridgehead atoms. The van der Waals surface area contributed by atoms with E-state index in [1.54, 1.807) is 19.2 Å². The van der Waals surface area contributed by atoms with Crippen LogP contribution < -0.4 is 20.1 Å². The third kappa shape index (κ3) is 5.70. The molecular formula is C18H24N4O4S2. The SMILES string of the molecule is CCOc1ccc(CC(=O)NC(C)c2ccc[nH]2)cc1S(=O)(=O)NC(=S)NC. The molecule has 2 aromatic rings. The van der Waals surface area contributed by atoms with E-state index in [1.807, 2.05) is 19.1 Å². The summed E-state index contributed by atoms with van der Waals surface area (Å²) in [4.78, 5) is 15.3. The van der Waals surface area contributed by atoms with E-state index in [9.17, 15) is 13.2 Å². The topological polar surface area (TPSA) is 112 Å². The maximum atomic E-state index is 12.6. The van der Waals surface area contributed by atoms with Gasteiger partial charge in [0, 0.05) is 18.9 Å². The van der Waals surface area contributed by atoms with Gasteiger partial charge in [0.25, 0.3) is 10.0 Å². The minimum Gasteiger partial charge on any atom is -0.492 e. The van der Waals surface area contributed by atoms with E-state index in [0.717, 1.165) is 5.69 Å². The lowest BCUT2D eigenvalue weighted by molar-refractivity contribution is -0.121. The van der Waals surface area contributed by atoms with Crippen LogP contribution >= 0.6 is 12.2 Å². The highest BCUT2D eigenvalue weighted by molar-refractivity contribution is 7.92. The highest BCUT2D eigenvalue weighted by atomic mass is 32.2. The predicted octanol–water partition coefficient (Wildman–Crippen LogP) is 1.62. The van der Waals surface area contributed by atoms with Crippen LogP contribution in [-0.2, 0) is 21.2 Å². The molecule has 152 valence electrons. The van der Waals surface area contributed by atoms with Gasteiger partial charge in [-0.25, -0.2) is 8.42 Å². The molecule has 0 radical (unpaired) electrons. The number of hydrogen-bond donors (Lipinski definition) is 4. The van der Waals surface area contributed by atoms with Gasteiger partial charge in [-0.1, -0.05) is 6.07 Å². The zero-order chi connectivity index (χ0) is 20.7. The van der Waals surface area contributed by atoms with Gasteiger partial charge in [-0.15, -0.1) is 0 Å². The Hall–Kier alpha value is -2.59. The van der Waals surface area contributed by atoms with Crippen molar-refractivity contribution in [1.29, 1.82) is 0 Å². The molecule has 1 aromatic carbocycles. The maximum Gasteiger partial charge on any atom is 0.267 e. The number of H-pyrrole nitrogens is 1. The first-order valence-corrected chi connectivity index (χ1v) is 10.6. The van der Waals surface area contributed by atoms with Crippen molar-refractivity contribution in [2.24, 2.45) is 0 Å². The van der Waals surface area contributed by atoms with E-state index >= 15 is 0 Å². The molecule has 2 rings (SSSR count). The number of rotatable bonds is 8. The summed E-state index contributed by atoms with van der Waals surface area (Å²) < 4.78 is 33.0. The number of aromatic amines is 1. The van der Waals surface area contributed by atoms with Crippen LogP contribution in [0.4, 0.5) is 0 Å². The van der Waals surface area contributed by atoms with Crippen LogP contribution in [0.5, 0.6) is 5.75 Å². The zero-order valence-electron chi connectivity index (χ0n) is 15.9. The Bertz CT molecular complexity index is 927.